The molecule has 1 saturated carbocycles. The van der Waals surface area contributed by atoms with Crippen LogP contribution in [-0.2, 0) is 25.5 Å². The van der Waals surface area contributed by atoms with Crippen molar-refractivity contribution in [1.82, 2.24) is 10.2 Å². The number of amides is 2. The van der Waals surface area contributed by atoms with E-state index in [0.29, 0.717) is 12.5 Å². The predicted molar refractivity (Wildman–Crippen MR) is 109 cm³/mol. The molecule has 1 aromatic rings. The van der Waals surface area contributed by atoms with Crippen LogP contribution in [0.25, 0.3) is 0 Å². The molecule has 0 aromatic heterocycles. The third-order valence-electron chi connectivity index (χ3n) is 6.61. The molecule has 6 nitrogen and oxygen atoms in total. The Hall–Kier alpha value is -1.92. The molecule has 2 amide bonds. The largest absolute Gasteiger partial charge is 0.376 e. The number of nitrogens with one attached hydrogen (secondary N) is 1. The van der Waals surface area contributed by atoms with Gasteiger partial charge in [0.2, 0.25) is 11.8 Å². The summed E-state index contributed by atoms with van der Waals surface area (Å²) in [7, 11) is 0. The SMILES string of the molecule is CC1CCC2(CC1)OC[C@@H](C(=O)NC[C@H]1CCCO1)N2C(=O)Cc1ccccc1. The molecule has 4 rings (SSSR count). The minimum Gasteiger partial charge on any atom is -0.376 e. The minimum atomic E-state index is -0.635. The number of nitrogens with zero attached hydrogens (tertiary/aromatic N) is 1. The maximum atomic E-state index is 13.4. The Balaban J connectivity index is 1.49. The van der Waals surface area contributed by atoms with E-state index in [1.165, 1.54) is 0 Å². The van der Waals surface area contributed by atoms with Gasteiger partial charge in [-0.25, -0.2) is 0 Å². The molecule has 1 aromatic carbocycles. The van der Waals surface area contributed by atoms with Gasteiger partial charge in [-0.1, -0.05) is 37.3 Å². The van der Waals surface area contributed by atoms with Crippen molar-refractivity contribution in [3.05, 3.63) is 35.9 Å². The lowest BCUT2D eigenvalue weighted by Gasteiger charge is -2.43. The monoisotopic (exact) mass is 400 g/mol. The third-order valence-corrected chi connectivity index (χ3v) is 6.61. The van der Waals surface area contributed by atoms with Crippen LogP contribution in [0.2, 0.25) is 0 Å². The molecule has 0 radical (unpaired) electrons. The molecule has 29 heavy (non-hydrogen) atoms. The van der Waals surface area contributed by atoms with Gasteiger partial charge in [-0.3, -0.25) is 14.5 Å². The van der Waals surface area contributed by atoms with Crippen molar-refractivity contribution < 1.29 is 19.1 Å². The highest BCUT2D eigenvalue weighted by Gasteiger charge is 2.53. The first-order valence-electron chi connectivity index (χ1n) is 11.0. The van der Waals surface area contributed by atoms with Crippen molar-refractivity contribution >= 4 is 11.8 Å². The Kier molecular flexibility index (Phi) is 6.20. The van der Waals surface area contributed by atoms with E-state index >= 15 is 0 Å². The molecule has 2 atom stereocenters. The highest BCUT2D eigenvalue weighted by Crippen LogP contribution is 2.42. The number of rotatable bonds is 5. The van der Waals surface area contributed by atoms with E-state index in [1.54, 1.807) is 4.90 Å². The molecule has 2 heterocycles. The summed E-state index contributed by atoms with van der Waals surface area (Å²) in [5.41, 5.74) is 0.326. The second-order valence-corrected chi connectivity index (χ2v) is 8.76. The van der Waals surface area contributed by atoms with Crippen molar-refractivity contribution in [2.45, 2.75) is 69.7 Å². The zero-order valence-electron chi connectivity index (χ0n) is 17.3. The number of ether oxygens (including phenoxy) is 2. The summed E-state index contributed by atoms with van der Waals surface area (Å²) in [6.45, 7) is 3.77. The van der Waals surface area contributed by atoms with Crippen LogP contribution < -0.4 is 5.32 Å². The summed E-state index contributed by atoms with van der Waals surface area (Å²) >= 11 is 0. The summed E-state index contributed by atoms with van der Waals surface area (Å²) in [5.74, 6) is 0.473. The van der Waals surface area contributed by atoms with Gasteiger partial charge in [-0.2, -0.15) is 0 Å². The van der Waals surface area contributed by atoms with Crippen LogP contribution in [0, 0.1) is 5.92 Å². The molecule has 2 aliphatic heterocycles. The summed E-state index contributed by atoms with van der Waals surface area (Å²) in [6.07, 6.45) is 6.00. The smallest absolute Gasteiger partial charge is 0.245 e. The van der Waals surface area contributed by atoms with Gasteiger partial charge in [0.15, 0.2) is 0 Å². The van der Waals surface area contributed by atoms with Gasteiger partial charge in [0.1, 0.15) is 11.8 Å². The Morgan fingerprint density at radius 2 is 1.93 bits per heavy atom. The average molecular weight is 401 g/mol. The molecular weight excluding hydrogens is 368 g/mol. The molecular formula is C23H32N2O4. The standard InChI is InChI=1S/C23H32N2O4/c1-17-9-11-23(12-10-17)25(21(26)14-18-6-3-2-4-7-18)20(16-29-23)22(27)24-15-19-8-5-13-28-19/h2-4,6-7,17,19-20H,5,8-16H2,1H3,(H,24,27)/t17?,19-,20+,23?/m1/s1. The number of benzene rings is 1. The zero-order chi connectivity index (χ0) is 20.3. The maximum Gasteiger partial charge on any atom is 0.245 e. The highest BCUT2D eigenvalue weighted by molar-refractivity contribution is 5.89. The van der Waals surface area contributed by atoms with E-state index in [9.17, 15) is 9.59 Å². The Morgan fingerprint density at radius 1 is 1.17 bits per heavy atom. The van der Waals surface area contributed by atoms with Crippen molar-refractivity contribution in [2.75, 3.05) is 19.8 Å². The van der Waals surface area contributed by atoms with Crippen LogP contribution >= 0.6 is 0 Å². The normalized spacial score (nSPS) is 31.9. The van der Waals surface area contributed by atoms with Gasteiger partial charge in [0.05, 0.1) is 19.1 Å². The van der Waals surface area contributed by atoms with E-state index in [2.05, 4.69) is 12.2 Å². The van der Waals surface area contributed by atoms with Crippen molar-refractivity contribution in [1.29, 1.82) is 0 Å². The molecule has 3 aliphatic rings. The Labute approximate surface area is 172 Å². The fraction of sp³-hybridized carbons (Fsp3) is 0.652. The van der Waals surface area contributed by atoms with Gasteiger partial charge < -0.3 is 14.8 Å². The number of carbonyl (C=O) groups excluding carboxylic acids is 2. The van der Waals surface area contributed by atoms with Crippen LogP contribution in [0.1, 0.15) is 51.0 Å². The summed E-state index contributed by atoms with van der Waals surface area (Å²) < 4.78 is 11.8. The molecule has 6 heteroatoms. The molecule has 0 unspecified atom stereocenters. The Morgan fingerprint density at radius 3 is 2.62 bits per heavy atom. The van der Waals surface area contributed by atoms with Gasteiger partial charge in [-0.05, 0) is 50.0 Å². The first-order chi connectivity index (χ1) is 14.1. The lowest BCUT2D eigenvalue weighted by atomic mass is 9.83. The summed E-state index contributed by atoms with van der Waals surface area (Å²) in [4.78, 5) is 28.2. The molecule has 3 fully saturated rings. The van der Waals surface area contributed by atoms with E-state index in [-0.39, 0.29) is 30.9 Å². The average Bonchev–Trinajstić information content (AvgIpc) is 3.38. The first-order valence-corrected chi connectivity index (χ1v) is 11.0. The van der Waals surface area contributed by atoms with Crippen molar-refractivity contribution in [3.63, 3.8) is 0 Å². The quantitative estimate of drug-likeness (QED) is 0.825. The zero-order valence-corrected chi connectivity index (χ0v) is 17.3. The lowest BCUT2D eigenvalue weighted by molar-refractivity contribution is -0.160. The lowest BCUT2D eigenvalue weighted by Crippen LogP contribution is -2.57. The van der Waals surface area contributed by atoms with Gasteiger partial charge >= 0.3 is 0 Å². The molecule has 1 spiro atoms. The molecule has 0 bridgehead atoms. The van der Waals surface area contributed by atoms with Gasteiger partial charge in [-0.15, -0.1) is 0 Å². The van der Waals surface area contributed by atoms with Crippen LogP contribution in [-0.4, -0.2) is 54.3 Å². The van der Waals surface area contributed by atoms with E-state index in [0.717, 1.165) is 50.7 Å². The van der Waals surface area contributed by atoms with E-state index in [4.69, 9.17) is 9.47 Å². The highest BCUT2D eigenvalue weighted by atomic mass is 16.5. The van der Waals surface area contributed by atoms with E-state index in [1.807, 2.05) is 30.3 Å². The third kappa shape index (κ3) is 4.48. The fourth-order valence-corrected chi connectivity index (χ4v) is 4.85. The maximum absolute atomic E-state index is 13.4. The molecule has 1 N–H and O–H groups in total. The number of carbonyl (C=O) groups is 2. The number of hydrogen-bond donors (Lipinski definition) is 1. The molecule has 2 saturated heterocycles. The van der Waals surface area contributed by atoms with Crippen LogP contribution in [0.5, 0.6) is 0 Å². The molecule has 1 aliphatic carbocycles. The van der Waals surface area contributed by atoms with Crippen molar-refractivity contribution in [3.8, 4) is 0 Å². The topological polar surface area (TPSA) is 67.9 Å². The minimum absolute atomic E-state index is 0.0273. The van der Waals surface area contributed by atoms with Gasteiger partial charge in [0, 0.05) is 13.2 Å². The summed E-state index contributed by atoms with van der Waals surface area (Å²) in [5, 5.41) is 3.01. The Bertz CT molecular complexity index is 709. The number of hydrogen-bond acceptors (Lipinski definition) is 4. The first kappa shape index (κ1) is 20.4. The molecule has 158 valence electrons. The van der Waals surface area contributed by atoms with Crippen LogP contribution in [0.4, 0.5) is 0 Å². The van der Waals surface area contributed by atoms with E-state index < -0.39 is 11.8 Å². The summed E-state index contributed by atoms with van der Waals surface area (Å²) in [6, 6.07) is 9.16. The fourth-order valence-electron chi connectivity index (χ4n) is 4.85. The van der Waals surface area contributed by atoms with Gasteiger partial charge in [0.25, 0.3) is 0 Å². The predicted octanol–water partition coefficient (Wildman–Crippen LogP) is 2.66. The second-order valence-electron chi connectivity index (χ2n) is 8.76. The van der Waals surface area contributed by atoms with Crippen LogP contribution in [0.3, 0.4) is 0 Å². The second kappa shape index (κ2) is 8.84. The van der Waals surface area contributed by atoms with Crippen molar-refractivity contribution in [2.24, 2.45) is 5.92 Å². The van der Waals surface area contributed by atoms with Crippen LogP contribution in [0.15, 0.2) is 30.3 Å².